The first-order valence-corrected chi connectivity index (χ1v) is 8.07. The van der Waals surface area contributed by atoms with E-state index in [1.54, 1.807) is 14.0 Å². The number of rotatable bonds is 3. The number of sulfonamides is 1. The van der Waals surface area contributed by atoms with E-state index < -0.39 is 16.1 Å². The maximum Gasteiger partial charge on any atom is 0.243 e. The quantitative estimate of drug-likeness (QED) is 0.772. The number of amides is 1. The van der Waals surface area contributed by atoms with Crippen molar-refractivity contribution in [3.05, 3.63) is 29.8 Å². The summed E-state index contributed by atoms with van der Waals surface area (Å²) < 4.78 is 26.4. The van der Waals surface area contributed by atoms with Gasteiger partial charge in [-0.05, 0) is 26.0 Å². The molecule has 1 fully saturated rings. The van der Waals surface area contributed by atoms with Gasteiger partial charge in [-0.2, -0.15) is 4.31 Å². The van der Waals surface area contributed by atoms with Gasteiger partial charge in [-0.15, -0.1) is 0 Å². The van der Waals surface area contributed by atoms with Gasteiger partial charge >= 0.3 is 0 Å². The molecule has 1 heterocycles. The summed E-state index contributed by atoms with van der Waals surface area (Å²) in [7, 11) is -2.08. The van der Waals surface area contributed by atoms with Gasteiger partial charge in [0.05, 0.1) is 4.90 Å². The van der Waals surface area contributed by atoms with Crippen LogP contribution in [0.15, 0.2) is 29.2 Å². The van der Waals surface area contributed by atoms with Crippen LogP contribution >= 0.6 is 0 Å². The average molecular weight is 310 g/mol. The highest BCUT2D eigenvalue weighted by Crippen LogP contribution is 2.22. The first-order valence-electron chi connectivity index (χ1n) is 6.63. The molecular formula is C14H18N2O4S. The molecule has 6 nitrogen and oxygen atoms in total. The molecule has 7 heteroatoms. The van der Waals surface area contributed by atoms with Crippen molar-refractivity contribution in [1.29, 1.82) is 0 Å². The summed E-state index contributed by atoms with van der Waals surface area (Å²) in [5, 5.41) is 0. The van der Waals surface area contributed by atoms with Gasteiger partial charge in [-0.25, -0.2) is 8.42 Å². The largest absolute Gasteiger partial charge is 0.343 e. The van der Waals surface area contributed by atoms with Gasteiger partial charge in [0.25, 0.3) is 0 Å². The summed E-state index contributed by atoms with van der Waals surface area (Å²) in [6, 6.07) is 5.06. The van der Waals surface area contributed by atoms with Gasteiger partial charge in [0.1, 0.15) is 6.04 Å². The van der Waals surface area contributed by atoms with Crippen molar-refractivity contribution in [2.45, 2.75) is 24.8 Å². The first kappa shape index (κ1) is 15.7. The van der Waals surface area contributed by atoms with Gasteiger partial charge in [0.15, 0.2) is 5.78 Å². The Morgan fingerprint density at radius 1 is 1.19 bits per heavy atom. The second-order valence-electron chi connectivity index (χ2n) is 5.13. The van der Waals surface area contributed by atoms with Crippen LogP contribution in [0.4, 0.5) is 0 Å². The van der Waals surface area contributed by atoms with E-state index in [4.69, 9.17) is 0 Å². The number of hydrogen-bond donors (Lipinski definition) is 0. The molecule has 114 valence electrons. The van der Waals surface area contributed by atoms with Crippen LogP contribution in [0.1, 0.15) is 24.2 Å². The third-order valence-electron chi connectivity index (χ3n) is 3.69. The monoisotopic (exact) mass is 310 g/mol. The maximum atomic E-state index is 12.6. The summed E-state index contributed by atoms with van der Waals surface area (Å²) in [4.78, 5) is 24.8. The molecule has 0 bridgehead atoms. The molecule has 1 saturated heterocycles. The summed E-state index contributed by atoms with van der Waals surface area (Å²) in [5.41, 5.74) is 0.455. The molecule has 1 aromatic carbocycles. The number of benzene rings is 1. The number of Topliss-reactive ketones (excluding diaryl/α,β-unsaturated/α-hetero) is 1. The van der Waals surface area contributed by atoms with E-state index in [1.807, 2.05) is 0 Å². The Morgan fingerprint density at radius 3 is 2.29 bits per heavy atom. The second-order valence-corrected chi connectivity index (χ2v) is 7.02. The van der Waals surface area contributed by atoms with Crippen molar-refractivity contribution < 1.29 is 18.0 Å². The van der Waals surface area contributed by atoms with Gasteiger partial charge in [-0.1, -0.05) is 12.1 Å². The normalized spacial score (nSPS) is 20.6. The lowest BCUT2D eigenvalue weighted by Crippen LogP contribution is -2.56. The average Bonchev–Trinajstić information content (AvgIpc) is 2.44. The molecule has 0 aliphatic carbocycles. The number of ketones is 1. The lowest BCUT2D eigenvalue weighted by molar-refractivity contribution is -0.136. The van der Waals surface area contributed by atoms with Crippen LogP contribution in [-0.2, 0) is 14.8 Å². The molecule has 2 rings (SSSR count). The molecular weight excluding hydrogens is 292 g/mol. The highest BCUT2D eigenvalue weighted by molar-refractivity contribution is 7.89. The highest BCUT2D eigenvalue weighted by Gasteiger charge is 2.37. The van der Waals surface area contributed by atoms with E-state index in [-0.39, 0.29) is 23.1 Å². The van der Waals surface area contributed by atoms with Crippen molar-refractivity contribution in [2.24, 2.45) is 0 Å². The number of nitrogens with zero attached hydrogens (tertiary/aromatic N) is 2. The van der Waals surface area contributed by atoms with Crippen LogP contribution < -0.4 is 0 Å². The Labute approximate surface area is 124 Å². The van der Waals surface area contributed by atoms with Gasteiger partial charge in [0.2, 0.25) is 15.9 Å². The fraction of sp³-hybridized carbons (Fsp3) is 0.429. The highest BCUT2D eigenvalue weighted by atomic mass is 32.2. The van der Waals surface area contributed by atoms with Crippen molar-refractivity contribution >= 4 is 21.7 Å². The third-order valence-corrected chi connectivity index (χ3v) is 5.67. The van der Waals surface area contributed by atoms with Crippen LogP contribution in [-0.4, -0.2) is 55.5 Å². The smallest absolute Gasteiger partial charge is 0.243 e. The molecule has 1 aliphatic rings. The minimum atomic E-state index is -3.74. The van der Waals surface area contributed by atoms with E-state index in [0.717, 1.165) is 0 Å². The predicted molar refractivity (Wildman–Crippen MR) is 77.4 cm³/mol. The number of carbonyl (C=O) groups excluding carboxylic acids is 2. The van der Waals surface area contributed by atoms with Crippen molar-refractivity contribution in [1.82, 2.24) is 9.21 Å². The molecule has 1 aliphatic heterocycles. The molecule has 0 radical (unpaired) electrons. The summed E-state index contributed by atoms with van der Waals surface area (Å²) in [6.07, 6.45) is 0. The number of carbonyl (C=O) groups is 2. The molecule has 0 aromatic heterocycles. The Kier molecular flexibility index (Phi) is 4.15. The molecule has 1 atom stereocenters. The summed E-state index contributed by atoms with van der Waals surface area (Å²) in [6.45, 7) is 3.64. The van der Waals surface area contributed by atoms with Crippen LogP contribution in [0.2, 0.25) is 0 Å². The Hall–Kier alpha value is -1.73. The van der Waals surface area contributed by atoms with Crippen molar-refractivity contribution in [3.63, 3.8) is 0 Å². The number of likely N-dealkylation sites (N-methyl/N-ethyl adjacent to an activating group) is 1. The number of piperazine rings is 1. The molecule has 0 spiro atoms. The van der Waals surface area contributed by atoms with Crippen molar-refractivity contribution in [3.8, 4) is 0 Å². The molecule has 1 amide bonds. The molecule has 1 unspecified atom stereocenters. The summed E-state index contributed by atoms with van der Waals surface area (Å²) >= 11 is 0. The van der Waals surface area contributed by atoms with E-state index in [0.29, 0.717) is 12.1 Å². The fourth-order valence-electron chi connectivity index (χ4n) is 2.32. The maximum absolute atomic E-state index is 12.6. The second kappa shape index (κ2) is 5.57. The summed E-state index contributed by atoms with van der Waals surface area (Å²) in [5.74, 6) is -0.340. The molecule has 0 saturated carbocycles. The fourth-order valence-corrected chi connectivity index (χ4v) is 3.90. The van der Waals surface area contributed by atoms with E-state index >= 15 is 0 Å². The molecule has 0 N–H and O–H groups in total. The number of hydrogen-bond acceptors (Lipinski definition) is 4. The van der Waals surface area contributed by atoms with Crippen LogP contribution in [0, 0.1) is 0 Å². The van der Waals surface area contributed by atoms with E-state index in [1.165, 1.54) is 40.4 Å². The first-order chi connectivity index (χ1) is 9.75. The molecule has 21 heavy (non-hydrogen) atoms. The Balaban J connectivity index is 2.33. The Bertz CT molecular complexity index is 667. The van der Waals surface area contributed by atoms with Crippen molar-refractivity contribution in [2.75, 3.05) is 20.1 Å². The lowest BCUT2D eigenvalue weighted by atomic mass is 10.2. The Morgan fingerprint density at radius 2 is 1.76 bits per heavy atom. The zero-order valence-electron chi connectivity index (χ0n) is 12.2. The zero-order chi connectivity index (χ0) is 15.8. The third kappa shape index (κ3) is 2.84. The predicted octanol–water partition coefficient (Wildman–Crippen LogP) is 0.740. The van der Waals surface area contributed by atoms with Crippen LogP contribution in [0.5, 0.6) is 0 Å². The van der Waals surface area contributed by atoms with Gasteiger partial charge in [0, 0.05) is 25.7 Å². The minimum absolute atomic E-state index is 0.0942. The minimum Gasteiger partial charge on any atom is -0.343 e. The standard InChI is InChI=1S/C14H18N2O4S/c1-10-14(18)15(3)8-9-16(10)21(19,20)13-6-4-12(5-7-13)11(2)17/h4-7,10H,8-9H2,1-3H3. The molecule has 1 aromatic rings. The topological polar surface area (TPSA) is 74.8 Å². The van der Waals surface area contributed by atoms with Gasteiger partial charge in [-0.3, -0.25) is 9.59 Å². The van der Waals surface area contributed by atoms with Crippen LogP contribution in [0.3, 0.4) is 0 Å². The SMILES string of the molecule is CC(=O)c1ccc(S(=O)(=O)N2CCN(C)C(=O)C2C)cc1. The van der Waals surface area contributed by atoms with E-state index in [2.05, 4.69) is 0 Å². The van der Waals surface area contributed by atoms with Crippen LogP contribution in [0.25, 0.3) is 0 Å². The zero-order valence-corrected chi connectivity index (χ0v) is 13.1. The van der Waals surface area contributed by atoms with E-state index in [9.17, 15) is 18.0 Å². The lowest BCUT2D eigenvalue weighted by Gasteiger charge is -2.36. The van der Waals surface area contributed by atoms with Gasteiger partial charge < -0.3 is 4.90 Å².